The van der Waals surface area contributed by atoms with Crippen LogP contribution in [0, 0.1) is 17.8 Å². The van der Waals surface area contributed by atoms with Crippen LogP contribution in [0.15, 0.2) is 48.5 Å². The normalized spacial score (nSPS) is 12.4. The summed E-state index contributed by atoms with van der Waals surface area (Å²) >= 11 is 0. The Kier molecular flexibility index (Phi) is 4.48. The summed E-state index contributed by atoms with van der Waals surface area (Å²) in [6, 6.07) is 15.4. The topological polar surface area (TPSA) is 37.4 Å². The standard InChI is InChI=1S/C21H19NO2/c1-15(2)20(23)13-21(24)22-14-18-9-4-3-7-16(18)11-12-17-8-5-6-10-19(17)22/h3-10,15H,13-14H2,1-2H3. The van der Waals surface area contributed by atoms with Crippen molar-refractivity contribution in [1.82, 2.24) is 0 Å². The summed E-state index contributed by atoms with van der Waals surface area (Å²) in [5.74, 6) is 5.97. The summed E-state index contributed by atoms with van der Waals surface area (Å²) in [5, 5.41) is 0. The largest absolute Gasteiger partial charge is 0.306 e. The monoisotopic (exact) mass is 317 g/mol. The van der Waals surface area contributed by atoms with E-state index in [0.29, 0.717) is 6.54 Å². The van der Waals surface area contributed by atoms with Gasteiger partial charge in [-0.2, -0.15) is 0 Å². The second-order valence-corrected chi connectivity index (χ2v) is 6.20. The maximum absolute atomic E-state index is 12.8. The lowest BCUT2D eigenvalue weighted by Gasteiger charge is -2.26. The van der Waals surface area contributed by atoms with Crippen molar-refractivity contribution in [2.75, 3.05) is 4.90 Å². The summed E-state index contributed by atoms with van der Waals surface area (Å²) in [5.41, 5.74) is 3.48. The minimum atomic E-state index is -0.181. The quantitative estimate of drug-likeness (QED) is 0.641. The molecule has 0 bridgehead atoms. The summed E-state index contributed by atoms with van der Waals surface area (Å²) < 4.78 is 0. The first kappa shape index (κ1) is 16.0. The fraction of sp³-hybridized carbons (Fsp3) is 0.238. The molecule has 120 valence electrons. The van der Waals surface area contributed by atoms with Crippen molar-refractivity contribution < 1.29 is 9.59 Å². The molecule has 1 aliphatic rings. The number of anilines is 1. The van der Waals surface area contributed by atoms with Gasteiger partial charge in [-0.15, -0.1) is 0 Å². The van der Waals surface area contributed by atoms with Crippen molar-refractivity contribution >= 4 is 17.4 Å². The van der Waals surface area contributed by atoms with Gasteiger partial charge in [-0.3, -0.25) is 9.59 Å². The first-order valence-electron chi connectivity index (χ1n) is 8.08. The van der Waals surface area contributed by atoms with Gasteiger partial charge in [0.25, 0.3) is 0 Å². The highest BCUT2D eigenvalue weighted by molar-refractivity contribution is 6.06. The number of rotatable bonds is 3. The van der Waals surface area contributed by atoms with Gasteiger partial charge in [-0.1, -0.05) is 56.0 Å². The second-order valence-electron chi connectivity index (χ2n) is 6.20. The van der Waals surface area contributed by atoms with Crippen molar-refractivity contribution in [3.63, 3.8) is 0 Å². The lowest BCUT2D eigenvalue weighted by atomic mass is 10.0. The molecule has 0 unspecified atom stereocenters. The molecule has 0 aliphatic carbocycles. The molecule has 24 heavy (non-hydrogen) atoms. The molecule has 1 aliphatic heterocycles. The molecule has 0 aromatic heterocycles. The van der Waals surface area contributed by atoms with Crippen LogP contribution >= 0.6 is 0 Å². The predicted octanol–water partition coefficient (Wildman–Crippen LogP) is 3.55. The maximum atomic E-state index is 12.8. The van der Waals surface area contributed by atoms with Crippen LogP contribution in [0.4, 0.5) is 5.69 Å². The zero-order chi connectivity index (χ0) is 17.1. The van der Waals surface area contributed by atoms with Crippen molar-refractivity contribution in [1.29, 1.82) is 0 Å². The van der Waals surface area contributed by atoms with Gasteiger partial charge in [0.05, 0.1) is 18.7 Å². The molecule has 0 saturated heterocycles. The van der Waals surface area contributed by atoms with Gasteiger partial charge in [0.15, 0.2) is 0 Å². The van der Waals surface area contributed by atoms with Crippen LogP contribution < -0.4 is 4.90 Å². The highest BCUT2D eigenvalue weighted by atomic mass is 16.2. The van der Waals surface area contributed by atoms with Crippen LogP contribution in [-0.2, 0) is 16.1 Å². The molecule has 1 amide bonds. The van der Waals surface area contributed by atoms with Gasteiger partial charge in [0.2, 0.25) is 5.91 Å². The van der Waals surface area contributed by atoms with Crippen molar-refractivity contribution in [2.45, 2.75) is 26.8 Å². The molecule has 1 heterocycles. The number of carbonyl (C=O) groups is 2. The van der Waals surface area contributed by atoms with Gasteiger partial charge in [-0.25, -0.2) is 0 Å². The number of benzene rings is 2. The van der Waals surface area contributed by atoms with Crippen LogP contribution in [-0.4, -0.2) is 11.7 Å². The number of carbonyl (C=O) groups excluding carboxylic acids is 2. The van der Waals surface area contributed by atoms with Gasteiger partial charge >= 0.3 is 0 Å². The zero-order valence-corrected chi connectivity index (χ0v) is 13.9. The Balaban J connectivity index is 2.04. The van der Waals surface area contributed by atoms with E-state index in [0.717, 1.165) is 22.4 Å². The van der Waals surface area contributed by atoms with Crippen molar-refractivity contribution in [2.24, 2.45) is 5.92 Å². The highest BCUT2D eigenvalue weighted by Crippen LogP contribution is 2.26. The van der Waals surface area contributed by atoms with Crippen LogP contribution in [0.25, 0.3) is 0 Å². The minimum absolute atomic E-state index is 0.0427. The lowest BCUT2D eigenvalue weighted by Crippen LogP contribution is -2.34. The molecule has 3 rings (SSSR count). The van der Waals surface area contributed by atoms with E-state index in [1.54, 1.807) is 4.90 Å². The van der Waals surface area contributed by atoms with E-state index in [-0.39, 0.29) is 24.0 Å². The second kappa shape index (κ2) is 6.72. The molecule has 2 aromatic rings. The van der Waals surface area contributed by atoms with Gasteiger partial charge in [-0.05, 0) is 23.8 Å². The Hall–Kier alpha value is -2.86. The van der Waals surface area contributed by atoms with Crippen LogP contribution in [0.1, 0.15) is 37.0 Å². The first-order valence-corrected chi connectivity index (χ1v) is 8.08. The van der Waals surface area contributed by atoms with E-state index >= 15 is 0 Å². The first-order chi connectivity index (χ1) is 11.6. The average Bonchev–Trinajstić information content (AvgIpc) is 2.56. The van der Waals surface area contributed by atoms with Gasteiger partial charge in [0.1, 0.15) is 5.78 Å². The van der Waals surface area contributed by atoms with Crippen LogP contribution in [0.3, 0.4) is 0 Å². The van der Waals surface area contributed by atoms with E-state index in [4.69, 9.17) is 0 Å². The van der Waals surface area contributed by atoms with Crippen LogP contribution in [0.2, 0.25) is 0 Å². The van der Waals surface area contributed by atoms with Crippen molar-refractivity contribution in [3.8, 4) is 11.8 Å². The van der Waals surface area contributed by atoms with Crippen molar-refractivity contribution in [3.05, 3.63) is 65.2 Å². The molecular formula is C21H19NO2. The molecule has 0 fully saturated rings. The molecule has 0 N–H and O–H groups in total. The number of hydrogen-bond acceptors (Lipinski definition) is 2. The Labute approximate surface area is 142 Å². The van der Waals surface area contributed by atoms with E-state index in [2.05, 4.69) is 11.8 Å². The fourth-order valence-corrected chi connectivity index (χ4v) is 2.66. The van der Waals surface area contributed by atoms with E-state index in [9.17, 15) is 9.59 Å². The van der Waals surface area contributed by atoms with Gasteiger partial charge < -0.3 is 4.90 Å². The van der Waals surface area contributed by atoms with E-state index < -0.39 is 0 Å². The summed E-state index contributed by atoms with van der Waals surface area (Å²) in [6.45, 7) is 4.06. The molecule has 3 heteroatoms. The predicted molar refractivity (Wildman–Crippen MR) is 94.5 cm³/mol. The third-order valence-corrected chi connectivity index (χ3v) is 4.14. The third-order valence-electron chi connectivity index (χ3n) is 4.14. The zero-order valence-electron chi connectivity index (χ0n) is 13.9. The maximum Gasteiger partial charge on any atom is 0.234 e. The Morgan fingerprint density at radius 1 is 1.00 bits per heavy atom. The SMILES string of the molecule is CC(C)C(=O)CC(=O)N1Cc2ccccc2C#Cc2ccccc21. The smallest absolute Gasteiger partial charge is 0.234 e. The molecule has 0 saturated carbocycles. The van der Waals surface area contributed by atoms with E-state index in [1.807, 2.05) is 62.4 Å². The molecule has 2 aromatic carbocycles. The number of Topliss-reactive ketones (excluding diaryl/α,β-unsaturated/α-hetero) is 1. The number of fused-ring (bicyclic) bond motifs is 2. The number of para-hydroxylation sites is 1. The molecule has 0 radical (unpaired) electrons. The third kappa shape index (κ3) is 3.23. The van der Waals surface area contributed by atoms with Crippen LogP contribution in [0.5, 0.6) is 0 Å². The Morgan fingerprint density at radius 3 is 2.38 bits per heavy atom. The summed E-state index contributed by atoms with van der Waals surface area (Å²) in [6.07, 6.45) is -0.0817. The lowest BCUT2D eigenvalue weighted by molar-refractivity contribution is -0.128. The molecule has 0 spiro atoms. The number of nitrogens with zero attached hydrogens (tertiary/aromatic N) is 1. The molecular weight excluding hydrogens is 298 g/mol. The Morgan fingerprint density at radius 2 is 1.62 bits per heavy atom. The summed E-state index contributed by atoms with van der Waals surface area (Å²) in [4.78, 5) is 26.5. The van der Waals surface area contributed by atoms with Gasteiger partial charge in [0, 0.05) is 17.0 Å². The summed E-state index contributed by atoms with van der Waals surface area (Å²) in [7, 11) is 0. The van der Waals surface area contributed by atoms with E-state index in [1.165, 1.54) is 0 Å². The number of hydrogen-bond donors (Lipinski definition) is 0. The number of ketones is 1. The average molecular weight is 317 g/mol. The molecule has 3 nitrogen and oxygen atoms in total. The minimum Gasteiger partial charge on any atom is -0.306 e. The number of amides is 1. The molecule has 0 atom stereocenters. The highest BCUT2D eigenvalue weighted by Gasteiger charge is 2.23. The fourth-order valence-electron chi connectivity index (χ4n) is 2.66. The Bertz CT molecular complexity index is 855.